The number of aliphatic carboxylic acids is 1. The minimum absolute atomic E-state index is 0.182. The average Bonchev–Trinajstić information content (AvgIpc) is 3.17. The number of benzene rings is 1. The van der Waals surface area contributed by atoms with Gasteiger partial charge in [0.1, 0.15) is 12.1 Å². The first-order chi connectivity index (χ1) is 13.4. The molecule has 0 radical (unpaired) electrons. The van der Waals surface area contributed by atoms with Crippen LogP contribution in [0.2, 0.25) is 0 Å². The van der Waals surface area contributed by atoms with Crippen LogP contribution in [-0.4, -0.2) is 59.0 Å². The van der Waals surface area contributed by atoms with Gasteiger partial charge in [-0.05, 0) is 37.8 Å². The summed E-state index contributed by atoms with van der Waals surface area (Å²) in [4.78, 5) is 38.4. The molecule has 1 aromatic rings. The third-order valence-electron chi connectivity index (χ3n) is 5.02. The molecular formula is C20H30N4O4. The Labute approximate surface area is 165 Å². The molecule has 0 spiro atoms. The summed E-state index contributed by atoms with van der Waals surface area (Å²) < 4.78 is 0. The molecule has 1 aromatic carbocycles. The maximum absolute atomic E-state index is 12.7. The molecule has 1 heterocycles. The molecule has 1 aliphatic heterocycles. The monoisotopic (exact) mass is 390 g/mol. The largest absolute Gasteiger partial charge is 0.480 e. The second kappa shape index (κ2) is 10.8. The number of amides is 2. The van der Waals surface area contributed by atoms with Gasteiger partial charge in [0, 0.05) is 13.0 Å². The molecular weight excluding hydrogens is 360 g/mol. The number of hydrogen-bond donors (Lipinski definition) is 4. The minimum atomic E-state index is -1.11. The van der Waals surface area contributed by atoms with Gasteiger partial charge in [0.2, 0.25) is 11.8 Å². The van der Waals surface area contributed by atoms with Crippen molar-refractivity contribution in [3.8, 4) is 0 Å². The number of unbranched alkanes of at least 4 members (excludes halogenated alkanes) is 1. The number of nitrogens with one attached hydrogen (secondary N) is 1. The van der Waals surface area contributed by atoms with Crippen molar-refractivity contribution in [2.75, 3.05) is 13.1 Å². The van der Waals surface area contributed by atoms with Crippen LogP contribution < -0.4 is 16.8 Å². The molecule has 0 bridgehead atoms. The van der Waals surface area contributed by atoms with E-state index in [2.05, 4.69) is 5.32 Å². The summed E-state index contributed by atoms with van der Waals surface area (Å²) in [5.41, 5.74) is 12.3. The molecule has 1 fully saturated rings. The maximum Gasteiger partial charge on any atom is 0.326 e. The average molecular weight is 390 g/mol. The number of carboxylic acid groups (broad SMARTS) is 1. The molecule has 0 saturated carbocycles. The van der Waals surface area contributed by atoms with Crippen molar-refractivity contribution in [2.24, 2.45) is 11.5 Å². The summed E-state index contributed by atoms with van der Waals surface area (Å²) >= 11 is 0. The number of carboxylic acids is 1. The molecule has 3 atom stereocenters. The lowest BCUT2D eigenvalue weighted by molar-refractivity contribution is -0.144. The van der Waals surface area contributed by atoms with Crippen molar-refractivity contribution >= 4 is 17.8 Å². The van der Waals surface area contributed by atoms with Crippen LogP contribution in [0, 0.1) is 0 Å². The summed E-state index contributed by atoms with van der Waals surface area (Å²) in [5.74, 6) is -1.81. The first-order valence-corrected chi connectivity index (χ1v) is 9.77. The highest BCUT2D eigenvalue weighted by molar-refractivity contribution is 5.92. The maximum atomic E-state index is 12.7. The van der Waals surface area contributed by atoms with E-state index >= 15 is 0 Å². The molecule has 0 aliphatic carbocycles. The Morgan fingerprint density at radius 3 is 2.57 bits per heavy atom. The topological polar surface area (TPSA) is 139 Å². The zero-order chi connectivity index (χ0) is 20.5. The molecule has 2 rings (SSSR count). The highest BCUT2D eigenvalue weighted by atomic mass is 16.4. The lowest BCUT2D eigenvalue weighted by Crippen LogP contribution is -2.54. The van der Waals surface area contributed by atoms with E-state index in [0.29, 0.717) is 32.4 Å². The second-order valence-corrected chi connectivity index (χ2v) is 7.17. The second-order valence-electron chi connectivity index (χ2n) is 7.17. The molecule has 8 nitrogen and oxygen atoms in total. The Morgan fingerprint density at radius 1 is 1.21 bits per heavy atom. The van der Waals surface area contributed by atoms with Crippen molar-refractivity contribution < 1.29 is 19.5 Å². The fourth-order valence-corrected chi connectivity index (χ4v) is 3.47. The zero-order valence-electron chi connectivity index (χ0n) is 16.0. The number of hydrogen-bond acceptors (Lipinski definition) is 5. The molecule has 6 N–H and O–H groups in total. The van der Waals surface area contributed by atoms with Crippen molar-refractivity contribution in [1.29, 1.82) is 0 Å². The summed E-state index contributed by atoms with van der Waals surface area (Å²) in [6, 6.07) is 6.72. The first-order valence-electron chi connectivity index (χ1n) is 9.77. The van der Waals surface area contributed by atoms with E-state index in [1.807, 2.05) is 30.3 Å². The zero-order valence-corrected chi connectivity index (χ0v) is 16.0. The van der Waals surface area contributed by atoms with Gasteiger partial charge in [0.15, 0.2) is 0 Å². The molecule has 28 heavy (non-hydrogen) atoms. The van der Waals surface area contributed by atoms with Crippen LogP contribution in [0.1, 0.15) is 37.7 Å². The van der Waals surface area contributed by atoms with E-state index in [0.717, 1.165) is 18.4 Å². The third kappa shape index (κ3) is 6.03. The fraction of sp³-hybridized carbons (Fsp3) is 0.550. The Kier molecular flexibility index (Phi) is 8.41. The number of likely N-dealkylation sites (tertiary alicyclic amines) is 1. The van der Waals surface area contributed by atoms with E-state index < -0.39 is 30.0 Å². The Hall–Kier alpha value is -2.45. The van der Waals surface area contributed by atoms with Crippen molar-refractivity contribution in [1.82, 2.24) is 10.2 Å². The summed E-state index contributed by atoms with van der Waals surface area (Å²) in [6.45, 7) is 1.01. The van der Waals surface area contributed by atoms with E-state index in [1.165, 1.54) is 4.90 Å². The van der Waals surface area contributed by atoms with Crippen molar-refractivity contribution in [3.05, 3.63) is 35.9 Å². The van der Waals surface area contributed by atoms with Gasteiger partial charge in [0.05, 0.1) is 6.04 Å². The lowest BCUT2D eigenvalue weighted by Gasteiger charge is -2.27. The third-order valence-corrected chi connectivity index (χ3v) is 5.02. The smallest absolute Gasteiger partial charge is 0.326 e. The Morgan fingerprint density at radius 2 is 1.93 bits per heavy atom. The number of carbonyl (C=O) groups excluding carboxylic acids is 2. The SMILES string of the molecule is NCCCCC(N)C(=O)N1CCCC1C(=O)NC(Cc1ccccc1)C(=O)O. The quantitative estimate of drug-likeness (QED) is 0.422. The number of rotatable bonds is 10. The highest BCUT2D eigenvalue weighted by Gasteiger charge is 2.37. The van der Waals surface area contributed by atoms with Crippen molar-refractivity contribution in [2.45, 2.75) is 56.7 Å². The molecule has 1 saturated heterocycles. The number of nitrogens with two attached hydrogens (primary N) is 2. The van der Waals surface area contributed by atoms with Crippen LogP contribution in [0.15, 0.2) is 30.3 Å². The van der Waals surface area contributed by atoms with Crippen LogP contribution in [0.4, 0.5) is 0 Å². The predicted octanol–water partition coefficient (Wildman–Crippen LogP) is 0.246. The Balaban J connectivity index is 1.98. The van der Waals surface area contributed by atoms with Crippen LogP contribution in [0.5, 0.6) is 0 Å². The van der Waals surface area contributed by atoms with E-state index in [4.69, 9.17) is 11.5 Å². The van der Waals surface area contributed by atoms with Crippen LogP contribution >= 0.6 is 0 Å². The van der Waals surface area contributed by atoms with Gasteiger partial charge in [-0.1, -0.05) is 36.8 Å². The normalized spacial score (nSPS) is 18.5. The van der Waals surface area contributed by atoms with Crippen LogP contribution in [0.25, 0.3) is 0 Å². The summed E-state index contributed by atoms with van der Waals surface area (Å²) in [6.07, 6.45) is 3.45. The molecule has 8 heteroatoms. The van der Waals surface area contributed by atoms with Gasteiger partial charge in [-0.3, -0.25) is 9.59 Å². The van der Waals surface area contributed by atoms with Gasteiger partial charge < -0.3 is 26.8 Å². The standard InChI is InChI=1S/C20H30N4O4/c21-11-5-4-9-15(22)19(26)24-12-6-10-17(24)18(25)23-16(20(27)28)13-14-7-2-1-3-8-14/h1-3,7-8,15-17H,4-6,9-13,21-22H2,(H,23,25)(H,27,28). The highest BCUT2D eigenvalue weighted by Crippen LogP contribution is 2.19. The van der Waals surface area contributed by atoms with Gasteiger partial charge in [-0.15, -0.1) is 0 Å². The van der Waals surface area contributed by atoms with Crippen molar-refractivity contribution in [3.63, 3.8) is 0 Å². The van der Waals surface area contributed by atoms with E-state index in [9.17, 15) is 19.5 Å². The van der Waals surface area contributed by atoms with E-state index in [-0.39, 0.29) is 12.3 Å². The molecule has 1 aliphatic rings. The summed E-state index contributed by atoms with van der Waals surface area (Å²) in [7, 11) is 0. The van der Waals surface area contributed by atoms with Gasteiger partial charge in [-0.2, -0.15) is 0 Å². The van der Waals surface area contributed by atoms with Gasteiger partial charge >= 0.3 is 5.97 Å². The molecule has 0 aromatic heterocycles. The minimum Gasteiger partial charge on any atom is -0.480 e. The Bertz CT molecular complexity index is 667. The van der Waals surface area contributed by atoms with E-state index in [1.54, 1.807) is 0 Å². The predicted molar refractivity (Wildman–Crippen MR) is 105 cm³/mol. The molecule has 154 valence electrons. The fourth-order valence-electron chi connectivity index (χ4n) is 3.47. The van der Waals surface area contributed by atoms with Crippen LogP contribution in [-0.2, 0) is 20.8 Å². The number of nitrogens with zero attached hydrogens (tertiary/aromatic N) is 1. The van der Waals surface area contributed by atoms with Crippen LogP contribution in [0.3, 0.4) is 0 Å². The number of carbonyl (C=O) groups is 3. The molecule has 2 amide bonds. The van der Waals surface area contributed by atoms with Gasteiger partial charge in [-0.25, -0.2) is 4.79 Å². The van der Waals surface area contributed by atoms with Gasteiger partial charge in [0.25, 0.3) is 0 Å². The molecule has 3 unspecified atom stereocenters. The first kappa shape index (κ1) is 21.8. The lowest BCUT2D eigenvalue weighted by atomic mass is 10.0. The summed E-state index contributed by atoms with van der Waals surface area (Å²) in [5, 5.41) is 12.1.